The van der Waals surface area contributed by atoms with Crippen molar-refractivity contribution in [3.8, 4) is 17.2 Å². The molecule has 0 saturated heterocycles. The number of unbranched alkanes of at least 4 members (excludes halogenated alkanes) is 2. The Morgan fingerprint density at radius 2 is 1.79 bits per heavy atom. The number of fused-ring (bicyclic) bond motifs is 3. The van der Waals surface area contributed by atoms with Crippen molar-refractivity contribution in [1.29, 1.82) is 5.26 Å². The summed E-state index contributed by atoms with van der Waals surface area (Å²) in [6.07, 6.45) is 4.93. The average Bonchev–Trinajstić information content (AvgIpc) is 2.74. The quantitative estimate of drug-likeness (QED) is 0.425. The zero-order valence-corrected chi connectivity index (χ0v) is 16.7. The van der Waals surface area contributed by atoms with Crippen LogP contribution >= 0.6 is 0 Å². The summed E-state index contributed by atoms with van der Waals surface area (Å²) in [5, 5.41) is 11.1. The third kappa shape index (κ3) is 3.90. The van der Waals surface area contributed by atoms with Gasteiger partial charge in [0.2, 0.25) is 0 Å². The van der Waals surface area contributed by atoms with Crippen LogP contribution in [0.4, 0.5) is 8.78 Å². The lowest BCUT2D eigenvalue weighted by Gasteiger charge is -2.29. The van der Waals surface area contributed by atoms with Gasteiger partial charge in [0, 0.05) is 6.42 Å². The summed E-state index contributed by atoms with van der Waals surface area (Å²) in [7, 11) is 0. The molecular weight excluding hydrogens is 364 g/mol. The van der Waals surface area contributed by atoms with E-state index in [1.807, 2.05) is 24.3 Å². The van der Waals surface area contributed by atoms with E-state index in [2.05, 4.69) is 19.1 Å². The summed E-state index contributed by atoms with van der Waals surface area (Å²) in [5.74, 6) is -0.377. The highest BCUT2D eigenvalue weighted by Gasteiger charge is 2.29. The molecule has 2 unspecified atom stereocenters. The van der Waals surface area contributed by atoms with Crippen LogP contribution in [-0.2, 0) is 12.8 Å². The largest absolute Gasteiger partial charge is 0.247 e. The summed E-state index contributed by atoms with van der Waals surface area (Å²) in [6, 6.07) is 16.8. The van der Waals surface area contributed by atoms with Crippen molar-refractivity contribution in [1.82, 2.24) is 0 Å². The fourth-order valence-corrected chi connectivity index (χ4v) is 4.55. The normalized spacial score (nSPS) is 18.4. The van der Waals surface area contributed by atoms with Gasteiger partial charge < -0.3 is 0 Å². The monoisotopic (exact) mass is 389 g/mol. The van der Waals surface area contributed by atoms with Crippen LogP contribution in [0.2, 0.25) is 0 Å². The van der Waals surface area contributed by atoms with E-state index in [-0.39, 0.29) is 11.5 Å². The molecule has 3 heteroatoms. The molecule has 0 amide bonds. The minimum Gasteiger partial charge on any atom is -0.247 e. The van der Waals surface area contributed by atoms with Crippen LogP contribution < -0.4 is 0 Å². The van der Waals surface area contributed by atoms with E-state index in [0.29, 0.717) is 6.42 Å². The second kappa shape index (κ2) is 8.33. The van der Waals surface area contributed by atoms with Crippen molar-refractivity contribution in [2.75, 3.05) is 0 Å². The number of hydrogen-bond donors (Lipinski definition) is 0. The van der Waals surface area contributed by atoms with Crippen LogP contribution in [0.25, 0.3) is 21.9 Å². The molecule has 0 spiro atoms. The lowest BCUT2D eigenvalue weighted by molar-refractivity contribution is 0.199. The van der Waals surface area contributed by atoms with Gasteiger partial charge in [-0.15, -0.1) is 0 Å². The Kier molecular flexibility index (Phi) is 5.62. The Morgan fingerprint density at radius 3 is 2.55 bits per heavy atom. The smallest absolute Gasteiger partial charge is 0.141 e. The first-order chi connectivity index (χ1) is 14.1. The Hall–Kier alpha value is -2.73. The maximum Gasteiger partial charge on any atom is 0.141 e. The van der Waals surface area contributed by atoms with Crippen LogP contribution in [0.1, 0.15) is 49.3 Å². The molecule has 0 fully saturated rings. The maximum absolute atomic E-state index is 14.9. The number of alkyl halides is 1. The van der Waals surface area contributed by atoms with E-state index in [0.717, 1.165) is 53.1 Å². The van der Waals surface area contributed by atoms with Gasteiger partial charge in [-0.25, -0.2) is 8.78 Å². The number of hydrogen-bond acceptors (Lipinski definition) is 1. The predicted molar refractivity (Wildman–Crippen MR) is 114 cm³/mol. The van der Waals surface area contributed by atoms with E-state index in [4.69, 9.17) is 5.26 Å². The molecule has 3 aromatic carbocycles. The molecule has 1 aliphatic carbocycles. The highest BCUT2D eigenvalue weighted by atomic mass is 19.1. The van der Waals surface area contributed by atoms with Crippen molar-refractivity contribution in [3.05, 3.63) is 71.0 Å². The molecule has 0 N–H and O–H groups in total. The molecule has 148 valence electrons. The molecular formula is C26H25F2N. The molecule has 0 heterocycles. The number of benzene rings is 3. The zero-order chi connectivity index (χ0) is 20.4. The number of halogens is 2. The Morgan fingerprint density at radius 1 is 1.00 bits per heavy atom. The van der Waals surface area contributed by atoms with Gasteiger partial charge in [0.15, 0.2) is 0 Å². The lowest BCUT2D eigenvalue weighted by atomic mass is 9.78. The first-order valence-corrected chi connectivity index (χ1v) is 10.5. The highest BCUT2D eigenvalue weighted by Crippen LogP contribution is 2.36. The van der Waals surface area contributed by atoms with E-state index >= 15 is 0 Å². The van der Waals surface area contributed by atoms with Crippen LogP contribution in [0, 0.1) is 23.1 Å². The average molecular weight is 389 g/mol. The van der Waals surface area contributed by atoms with Gasteiger partial charge in [-0.05, 0) is 70.0 Å². The van der Waals surface area contributed by atoms with Gasteiger partial charge >= 0.3 is 0 Å². The highest BCUT2D eigenvalue weighted by molar-refractivity contribution is 5.91. The van der Waals surface area contributed by atoms with Gasteiger partial charge in [-0.2, -0.15) is 5.26 Å². The molecule has 4 rings (SSSR count). The summed E-state index contributed by atoms with van der Waals surface area (Å²) in [4.78, 5) is 0. The van der Waals surface area contributed by atoms with Crippen molar-refractivity contribution < 1.29 is 8.78 Å². The Labute approximate surface area is 171 Å². The lowest BCUT2D eigenvalue weighted by Crippen LogP contribution is -2.27. The molecule has 0 aliphatic heterocycles. The predicted octanol–water partition coefficient (Wildman–Crippen LogP) is 7.15. The van der Waals surface area contributed by atoms with Crippen LogP contribution in [0.5, 0.6) is 0 Å². The van der Waals surface area contributed by atoms with Crippen molar-refractivity contribution >= 4 is 10.8 Å². The van der Waals surface area contributed by atoms with Gasteiger partial charge in [0.05, 0.1) is 5.56 Å². The minimum absolute atomic E-state index is 0.0473. The standard InChI is InChI=1S/C26H25F2N/c1-2-3-4-5-21-13-20-8-7-19-12-17(10-11-23(19)24(20)15-26(21)28)18-6-9-22(16-29)25(27)14-18/h6-12,14,21,26H,2-5,13,15H2,1H3. The van der Waals surface area contributed by atoms with Crippen molar-refractivity contribution in [3.63, 3.8) is 0 Å². The molecule has 3 aromatic rings. The molecule has 0 radical (unpaired) electrons. The number of rotatable bonds is 5. The molecule has 0 aromatic heterocycles. The Bertz CT molecular complexity index is 1080. The van der Waals surface area contributed by atoms with Gasteiger partial charge in [0.1, 0.15) is 18.1 Å². The molecule has 1 nitrogen and oxygen atoms in total. The number of nitriles is 1. The van der Waals surface area contributed by atoms with E-state index < -0.39 is 12.0 Å². The van der Waals surface area contributed by atoms with E-state index in [1.165, 1.54) is 24.1 Å². The molecule has 2 atom stereocenters. The van der Waals surface area contributed by atoms with E-state index in [1.54, 1.807) is 6.07 Å². The van der Waals surface area contributed by atoms with Gasteiger partial charge in [-0.1, -0.05) is 56.5 Å². The fraction of sp³-hybridized carbons (Fsp3) is 0.346. The van der Waals surface area contributed by atoms with Crippen LogP contribution in [0.15, 0.2) is 48.5 Å². The van der Waals surface area contributed by atoms with Crippen molar-refractivity contribution in [2.24, 2.45) is 5.92 Å². The molecule has 29 heavy (non-hydrogen) atoms. The molecule has 0 bridgehead atoms. The summed E-state index contributed by atoms with van der Waals surface area (Å²) < 4.78 is 28.9. The number of nitrogens with zero attached hydrogens (tertiary/aromatic N) is 1. The molecule has 0 saturated carbocycles. The van der Waals surface area contributed by atoms with E-state index in [9.17, 15) is 8.78 Å². The van der Waals surface area contributed by atoms with Gasteiger partial charge in [0.25, 0.3) is 0 Å². The van der Waals surface area contributed by atoms with Crippen LogP contribution in [-0.4, -0.2) is 6.17 Å². The Balaban J connectivity index is 1.65. The summed E-state index contributed by atoms with van der Waals surface area (Å²) in [5.41, 5.74) is 4.07. The van der Waals surface area contributed by atoms with Gasteiger partial charge in [-0.3, -0.25) is 0 Å². The van der Waals surface area contributed by atoms with Crippen LogP contribution in [0.3, 0.4) is 0 Å². The SMILES string of the molecule is CCCCCC1Cc2ccc3cc(-c4ccc(C#N)c(F)c4)ccc3c2CC1F. The fourth-order valence-electron chi connectivity index (χ4n) is 4.55. The zero-order valence-electron chi connectivity index (χ0n) is 16.7. The van der Waals surface area contributed by atoms with Crippen molar-refractivity contribution in [2.45, 2.75) is 51.6 Å². The first-order valence-electron chi connectivity index (χ1n) is 10.5. The topological polar surface area (TPSA) is 23.8 Å². The second-order valence-electron chi connectivity index (χ2n) is 8.13. The summed E-state index contributed by atoms with van der Waals surface area (Å²) in [6.45, 7) is 2.18. The molecule has 1 aliphatic rings. The first kappa shape index (κ1) is 19.6. The minimum atomic E-state index is -0.780. The maximum atomic E-state index is 14.9. The third-order valence-corrected chi connectivity index (χ3v) is 6.22. The third-order valence-electron chi connectivity index (χ3n) is 6.22. The summed E-state index contributed by atoms with van der Waals surface area (Å²) >= 11 is 0. The second-order valence-corrected chi connectivity index (χ2v) is 8.13.